The average molecular weight is 329 g/mol. The Labute approximate surface area is 123 Å². The van der Waals surface area contributed by atoms with Gasteiger partial charge in [-0.25, -0.2) is 0 Å². The van der Waals surface area contributed by atoms with Crippen LogP contribution in [0.2, 0.25) is 0 Å². The number of carbonyl (C=O) groups excluding carboxylic acids is 1. The molecule has 0 bridgehead atoms. The van der Waals surface area contributed by atoms with E-state index in [1.165, 1.54) is 0 Å². The number of nitrogens with one attached hydrogen (secondary N) is 2. The number of methoxy groups -OCH3 is 1. The number of hydrogen-bond acceptors (Lipinski definition) is 3. The first-order valence-electron chi connectivity index (χ1n) is 6.41. The van der Waals surface area contributed by atoms with Gasteiger partial charge in [-0.05, 0) is 50.2 Å². The molecule has 0 radical (unpaired) electrons. The highest BCUT2D eigenvalue weighted by Crippen LogP contribution is 2.23. The molecule has 1 rings (SSSR count). The minimum atomic E-state index is 0.101. The Morgan fingerprint density at radius 1 is 1.37 bits per heavy atom. The lowest BCUT2D eigenvalue weighted by Crippen LogP contribution is -2.26. The Morgan fingerprint density at radius 2 is 2.16 bits per heavy atom. The van der Waals surface area contributed by atoms with E-state index in [1.54, 1.807) is 7.11 Å². The van der Waals surface area contributed by atoms with Crippen LogP contribution in [0.25, 0.3) is 0 Å². The highest BCUT2D eigenvalue weighted by atomic mass is 79.9. The number of hydrogen-bond donors (Lipinski definition) is 2. The molecule has 0 fully saturated rings. The fraction of sp³-hybridized carbons (Fsp3) is 0.500. The predicted molar refractivity (Wildman–Crippen MR) is 80.6 cm³/mol. The molecule has 0 saturated heterocycles. The molecule has 0 unspecified atom stereocenters. The van der Waals surface area contributed by atoms with Crippen molar-refractivity contribution in [3.63, 3.8) is 0 Å². The fourth-order valence-corrected chi connectivity index (χ4v) is 2.20. The van der Waals surface area contributed by atoms with Crippen molar-refractivity contribution < 1.29 is 9.53 Å². The van der Waals surface area contributed by atoms with Crippen LogP contribution in [0.15, 0.2) is 22.7 Å². The molecule has 0 saturated carbocycles. The second-order valence-corrected chi connectivity index (χ2v) is 5.18. The van der Waals surface area contributed by atoms with Crippen molar-refractivity contribution in [2.24, 2.45) is 0 Å². The lowest BCUT2D eigenvalue weighted by molar-refractivity contribution is -0.121. The molecule has 4 nitrogen and oxygen atoms in total. The van der Waals surface area contributed by atoms with Crippen LogP contribution in [0.3, 0.4) is 0 Å². The minimum Gasteiger partial charge on any atom is -0.496 e. The van der Waals surface area contributed by atoms with Crippen LogP contribution in [0, 0.1) is 0 Å². The standard InChI is InChI=1S/C14H21BrN2O2/c1-16-8-3-4-14(18)17-9-7-11-10-12(15)5-6-13(11)19-2/h5-6,10,16H,3-4,7-9H2,1-2H3,(H,17,18). The zero-order valence-corrected chi connectivity index (χ0v) is 13.0. The summed E-state index contributed by atoms with van der Waals surface area (Å²) in [5, 5.41) is 5.95. The van der Waals surface area contributed by atoms with Crippen molar-refractivity contribution >= 4 is 21.8 Å². The molecule has 0 atom stereocenters. The third-order valence-corrected chi connectivity index (χ3v) is 3.28. The molecule has 0 aliphatic carbocycles. The summed E-state index contributed by atoms with van der Waals surface area (Å²) < 4.78 is 6.31. The topological polar surface area (TPSA) is 50.4 Å². The van der Waals surface area contributed by atoms with Crippen LogP contribution >= 0.6 is 15.9 Å². The quantitative estimate of drug-likeness (QED) is 0.719. The number of halogens is 1. The SMILES string of the molecule is CNCCCC(=O)NCCc1cc(Br)ccc1OC. The van der Waals surface area contributed by atoms with Crippen LogP contribution in [-0.2, 0) is 11.2 Å². The second kappa shape index (κ2) is 8.93. The van der Waals surface area contributed by atoms with Crippen molar-refractivity contribution in [3.05, 3.63) is 28.2 Å². The number of carbonyl (C=O) groups is 1. The van der Waals surface area contributed by atoms with Gasteiger partial charge >= 0.3 is 0 Å². The second-order valence-electron chi connectivity index (χ2n) is 4.26. The molecule has 1 aromatic rings. The van der Waals surface area contributed by atoms with Gasteiger partial charge in [0.2, 0.25) is 5.91 Å². The van der Waals surface area contributed by atoms with E-state index < -0.39 is 0 Å². The lowest BCUT2D eigenvalue weighted by Gasteiger charge is -2.10. The van der Waals surface area contributed by atoms with Gasteiger partial charge in [0.25, 0.3) is 0 Å². The van der Waals surface area contributed by atoms with Crippen LogP contribution < -0.4 is 15.4 Å². The van der Waals surface area contributed by atoms with Gasteiger partial charge in [0, 0.05) is 17.4 Å². The molecule has 0 aromatic heterocycles. The zero-order chi connectivity index (χ0) is 14.1. The van der Waals surface area contributed by atoms with Gasteiger partial charge in [0.05, 0.1) is 7.11 Å². The van der Waals surface area contributed by atoms with E-state index >= 15 is 0 Å². The van der Waals surface area contributed by atoms with Crippen molar-refractivity contribution in [2.45, 2.75) is 19.3 Å². The van der Waals surface area contributed by atoms with E-state index in [9.17, 15) is 4.79 Å². The monoisotopic (exact) mass is 328 g/mol. The first kappa shape index (κ1) is 16.0. The third-order valence-electron chi connectivity index (χ3n) is 2.79. The molecule has 2 N–H and O–H groups in total. The summed E-state index contributed by atoms with van der Waals surface area (Å²) in [7, 11) is 3.54. The summed E-state index contributed by atoms with van der Waals surface area (Å²) in [4.78, 5) is 11.6. The van der Waals surface area contributed by atoms with Crippen molar-refractivity contribution in [3.8, 4) is 5.75 Å². The Hall–Kier alpha value is -1.07. The van der Waals surface area contributed by atoms with E-state index in [4.69, 9.17) is 4.74 Å². The Kier molecular flexibility index (Phi) is 7.52. The zero-order valence-electron chi connectivity index (χ0n) is 11.5. The van der Waals surface area contributed by atoms with E-state index in [0.29, 0.717) is 13.0 Å². The lowest BCUT2D eigenvalue weighted by atomic mass is 10.1. The van der Waals surface area contributed by atoms with Crippen LogP contribution in [-0.4, -0.2) is 33.2 Å². The first-order chi connectivity index (χ1) is 9.17. The van der Waals surface area contributed by atoms with Crippen LogP contribution in [0.1, 0.15) is 18.4 Å². The van der Waals surface area contributed by atoms with Crippen molar-refractivity contribution in [2.75, 3.05) is 27.2 Å². The summed E-state index contributed by atoms with van der Waals surface area (Å²) in [6.45, 7) is 1.50. The summed E-state index contributed by atoms with van der Waals surface area (Å²) in [6, 6.07) is 5.89. The molecular formula is C14H21BrN2O2. The molecule has 0 aliphatic rings. The van der Waals surface area contributed by atoms with Gasteiger partial charge in [-0.2, -0.15) is 0 Å². The Bertz CT molecular complexity index is 410. The Morgan fingerprint density at radius 3 is 2.84 bits per heavy atom. The summed E-state index contributed by atoms with van der Waals surface area (Å²) in [5.74, 6) is 0.955. The van der Waals surface area contributed by atoms with Crippen LogP contribution in [0.5, 0.6) is 5.75 Å². The number of rotatable bonds is 8. The molecule has 1 aromatic carbocycles. The number of ether oxygens (including phenoxy) is 1. The van der Waals surface area contributed by atoms with E-state index in [-0.39, 0.29) is 5.91 Å². The van der Waals surface area contributed by atoms with E-state index in [2.05, 4.69) is 26.6 Å². The largest absolute Gasteiger partial charge is 0.496 e. The molecule has 106 valence electrons. The van der Waals surface area contributed by atoms with Gasteiger partial charge in [-0.3, -0.25) is 4.79 Å². The maximum Gasteiger partial charge on any atom is 0.220 e. The summed E-state index contributed by atoms with van der Waals surface area (Å²) in [6.07, 6.45) is 2.19. The molecule has 0 heterocycles. The molecule has 1 amide bonds. The highest BCUT2D eigenvalue weighted by Gasteiger charge is 2.05. The molecule has 5 heteroatoms. The first-order valence-corrected chi connectivity index (χ1v) is 7.20. The smallest absolute Gasteiger partial charge is 0.220 e. The third kappa shape index (κ3) is 6.07. The van der Waals surface area contributed by atoms with Gasteiger partial charge in [0.15, 0.2) is 0 Å². The van der Waals surface area contributed by atoms with Gasteiger partial charge in [-0.15, -0.1) is 0 Å². The highest BCUT2D eigenvalue weighted by molar-refractivity contribution is 9.10. The molecule has 0 aliphatic heterocycles. The maximum atomic E-state index is 11.6. The van der Waals surface area contributed by atoms with Crippen molar-refractivity contribution in [1.29, 1.82) is 0 Å². The number of amides is 1. The van der Waals surface area contributed by atoms with Gasteiger partial charge in [-0.1, -0.05) is 15.9 Å². The Balaban J connectivity index is 2.36. The van der Waals surface area contributed by atoms with Crippen LogP contribution in [0.4, 0.5) is 0 Å². The fourth-order valence-electron chi connectivity index (χ4n) is 1.79. The molecular weight excluding hydrogens is 308 g/mol. The minimum absolute atomic E-state index is 0.101. The summed E-state index contributed by atoms with van der Waals surface area (Å²) >= 11 is 3.44. The van der Waals surface area contributed by atoms with Gasteiger partial charge in [0.1, 0.15) is 5.75 Å². The number of benzene rings is 1. The summed E-state index contributed by atoms with van der Waals surface area (Å²) in [5.41, 5.74) is 1.09. The van der Waals surface area contributed by atoms with E-state index in [1.807, 2.05) is 25.2 Å². The van der Waals surface area contributed by atoms with Gasteiger partial charge < -0.3 is 15.4 Å². The van der Waals surface area contributed by atoms with Crippen molar-refractivity contribution in [1.82, 2.24) is 10.6 Å². The molecule has 0 spiro atoms. The predicted octanol–water partition coefficient (Wildman–Crippen LogP) is 2.12. The van der Waals surface area contributed by atoms with E-state index in [0.717, 1.165) is 35.2 Å². The maximum absolute atomic E-state index is 11.6. The molecule has 19 heavy (non-hydrogen) atoms. The average Bonchev–Trinajstić information content (AvgIpc) is 2.39. The normalized spacial score (nSPS) is 10.3.